The molecule has 0 fully saturated rings. The molecule has 4 aromatic rings. The molecule has 0 aliphatic rings. The van der Waals surface area contributed by atoms with E-state index in [1.54, 1.807) is 11.3 Å². The first kappa shape index (κ1) is 15.9. The van der Waals surface area contributed by atoms with Crippen LogP contribution in [0.3, 0.4) is 0 Å². The molecule has 0 aliphatic heterocycles. The van der Waals surface area contributed by atoms with Gasteiger partial charge in [0, 0.05) is 38.1 Å². The van der Waals surface area contributed by atoms with E-state index in [0.29, 0.717) is 0 Å². The summed E-state index contributed by atoms with van der Waals surface area (Å²) in [5, 5.41) is 5.48. The molecule has 0 saturated heterocycles. The maximum absolute atomic E-state index is 4.59. The Morgan fingerprint density at radius 3 is 2.64 bits per heavy atom. The number of nitrogens with zero attached hydrogens (tertiary/aromatic N) is 4. The van der Waals surface area contributed by atoms with Crippen molar-refractivity contribution in [2.24, 2.45) is 7.05 Å². The van der Waals surface area contributed by atoms with Gasteiger partial charge in [-0.05, 0) is 36.1 Å². The van der Waals surface area contributed by atoms with E-state index >= 15 is 0 Å². The van der Waals surface area contributed by atoms with Crippen molar-refractivity contribution in [3.05, 3.63) is 65.1 Å². The third-order valence-corrected chi connectivity index (χ3v) is 5.14. The number of benzene rings is 1. The van der Waals surface area contributed by atoms with Crippen LogP contribution in [0.2, 0.25) is 0 Å². The fourth-order valence-electron chi connectivity index (χ4n) is 2.81. The molecule has 3 heterocycles. The van der Waals surface area contributed by atoms with Crippen molar-refractivity contribution in [3.63, 3.8) is 0 Å². The van der Waals surface area contributed by atoms with E-state index in [0.717, 1.165) is 40.7 Å². The lowest BCUT2D eigenvalue weighted by Crippen LogP contribution is -2.13. The Bertz CT molecular complexity index is 987. The molecule has 5 nitrogen and oxygen atoms in total. The van der Waals surface area contributed by atoms with E-state index in [2.05, 4.69) is 43.0 Å². The molecule has 0 radical (unpaired) electrons. The topological polar surface area (TPSA) is 55.6 Å². The van der Waals surface area contributed by atoms with Gasteiger partial charge in [0.25, 0.3) is 0 Å². The van der Waals surface area contributed by atoms with Crippen LogP contribution in [0.5, 0.6) is 0 Å². The summed E-state index contributed by atoms with van der Waals surface area (Å²) in [6.07, 6.45) is 3.78. The van der Waals surface area contributed by atoms with Gasteiger partial charge in [0.2, 0.25) is 0 Å². The maximum atomic E-state index is 4.59. The second-order valence-electron chi connectivity index (χ2n) is 6.04. The van der Waals surface area contributed by atoms with Gasteiger partial charge in [0.15, 0.2) is 5.82 Å². The van der Waals surface area contributed by atoms with Crippen LogP contribution in [0.15, 0.2) is 48.1 Å². The Kier molecular flexibility index (Phi) is 4.29. The van der Waals surface area contributed by atoms with Crippen molar-refractivity contribution in [1.82, 2.24) is 24.8 Å². The third-order valence-electron chi connectivity index (χ3n) is 4.27. The minimum absolute atomic E-state index is 0.740. The molecule has 0 atom stereocenters. The first-order chi connectivity index (χ1) is 12.2. The summed E-state index contributed by atoms with van der Waals surface area (Å²) in [6, 6.07) is 10.5. The molecule has 3 aromatic heterocycles. The smallest absolute Gasteiger partial charge is 0.169 e. The molecule has 25 heavy (non-hydrogen) atoms. The number of rotatable bonds is 5. The average molecular weight is 349 g/mol. The summed E-state index contributed by atoms with van der Waals surface area (Å²) in [5.41, 5.74) is 4.51. The van der Waals surface area contributed by atoms with Crippen LogP contribution in [0.1, 0.15) is 17.0 Å². The highest BCUT2D eigenvalue weighted by molar-refractivity contribution is 7.13. The summed E-state index contributed by atoms with van der Waals surface area (Å²) < 4.78 is 2.11. The van der Waals surface area contributed by atoms with Gasteiger partial charge in [-0.1, -0.05) is 12.1 Å². The molecule has 4 rings (SSSR count). The van der Waals surface area contributed by atoms with Gasteiger partial charge in [-0.3, -0.25) is 0 Å². The lowest BCUT2D eigenvalue weighted by atomic mass is 10.2. The quantitative estimate of drug-likeness (QED) is 0.597. The Morgan fingerprint density at radius 1 is 1.08 bits per heavy atom. The summed E-state index contributed by atoms with van der Waals surface area (Å²) in [5.74, 6) is 1.82. The van der Waals surface area contributed by atoms with E-state index < -0.39 is 0 Å². The number of thiophene rings is 1. The molecule has 6 heteroatoms. The van der Waals surface area contributed by atoms with Gasteiger partial charge in [-0.25, -0.2) is 15.0 Å². The molecule has 0 unspecified atom stereocenters. The van der Waals surface area contributed by atoms with Gasteiger partial charge in [0.05, 0.1) is 15.9 Å². The predicted octanol–water partition coefficient (Wildman–Crippen LogP) is 3.69. The second kappa shape index (κ2) is 6.74. The van der Waals surface area contributed by atoms with Crippen molar-refractivity contribution < 1.29 is 0 Å². The first-order valence-electron chi connectivity index (χ1n) is 8.18. The zero-order valence-corrected chi connectivity index (χ0v) is 15.0. The van der Waals surface area contributed by atoms with Crippen LogP contribution in [0.25, 0.3) is 21.7 Å². The van der Waals surface area contributed by atoms with Crippen LogP contribution in [0.4, 0.5) is 0 Å². The summed E-state index contributed by atoms with van der Waals surface area (Å²) in [6.45, 7) is 3.56. The van der Waals surface area contributed by atoms with Crippen molar-refractivity contribution in [2.75, 3.05) is 0 Å². The van der Waals surface area contributed by atoms with Crippen LogP contribution in [-0.2, 0) is 20.1 Å². The number of hydrogen-bond acceptors (Lipinski definition) is 5. The Hall–Kier alpha value is -2.57. The lowest BCUT2D eigenvalue weighted by Gasteiger charge is -2.06. The first-order valence-corrected chi connectivity index (χ1v) is 9.06. The number of hydrogen-bond donors (Lipinski definition) is 1. The molecule has 0 amide bonds. The van der Waals surface area contributed by atoms with Crippen molar-refractivity contribution in [3.8, 4) is 10.7 Å². The summed E-state index contributed by atoms with van der Waals surface area (Å²) in [4.78, 5) is 14.6. The molecule has 0 saturated carbocycles. The van der Waals surface area contributed by atoms with Crippen molar-refractivity contribution in [2.45, 2.75) is 20.0 Å². The minimum atomic E-state index is 0.740. The molecular formula is C19H19N5S. The molecule has 0 spiro atoms. The highest BCUT2D eigenvalue weighted by atomic mass is 32.1. The summed E-state index contributed by atoms with van der Waals surface area (Å²) in [7, 11) is 2.04. The Balaban J connectivity index is 1.39. The molecule has 1 N–H and O–H groups in total. The molecule has 0 aliphatic carbocycles. The maximum Gasteiger partial charge on any atom is 0.169 e. The molecule has 1 aromatic carbocycles. The SMILES string of the molecule is Cc1nc2cc(CNCc3cnc(-c4cccs4)nc3)ccc2n1C. The second-order valence-corrected chi connectivity index (χ2v) is 6.98. The fourth-order valence-corrected chi connectivity index (χ4v) is 3.48. The monoisotopic (exact) mass is 349 g/mol. The van der Waals surface area contributed by atoms with Gasteiger partial charge in [0.1, 0.15) is 5.82 Å². The van der Waals surface area contributed by atoms with Crippen LogP contribution in [0, 0.1) is 6.92 Å². The number of nitrogens with one attached hydrogen (secondary N) is 1. The third kappa shape index (κ3) is 3.31. The van der Waals surface area contributed by atoms with Crippen LogP contribution in [-0.4, -0.2) is 19.5 Å². The minimum Gasteiger partial charge on any atom is -0.331 e. The summed E-state index contributed by atoms with van der Waals surface area (Å²) >= 11 is 1.65. The van der Waals surface area contributed by atoms with Gasteiger partial charge < -0.3 is 9.88 Å². The number of imidazole rings is 1. The van der Waals surface area contributed by atoms with E-state index in [1.165, 1.54) is 11.1 Å². The largest absolute Gasteiger partial charge is 0.331 e. The molecule has 0 bridgehead atoms. The van der Waals surface area contributed by atoms with E-state index in [-0.39, 0.29) is 0 Å². The predicted molar refractivity (Wildman–Crippen MR) is 101 cm³/mol. The normalized spacial score (nSPS) is 11.3. The Labute approximate surface area is 150 Å². The van der Waals surface area contributed by atoms with E-state index in [1.807, 2.05) is 43.9 Å². The van der Waals surface area contributed by atoms with Gasteiger partial charge in [-0.2, -0.15) is 0 Å². The molecule has 126 valence electrons. The molecular weight excluding hydrogens is 330 g/mol. The number of aromatic nitrogens is 4. The highest BCUT2D eigenvalue weighted by Crippen LogP contribution is 2.20. The van der Waals surface area contributed by atoms with Crippen LogP contribution < -0.4 is 5.32 Å². The van der Waals surface area contributed by atoms with Crippen LogP contribution >= 0.6 is 11.3 Å². The number of aryl methyl sites for hydroxylation is 2. The fraction of sp³-hybridized carbons (Fsp3) is 0.211. The van der Waals surface area contributed by atoms with Gasteiger partial charge in [-0.15, -0.1) is 11.3 Å². The zero-order valence-electron chi connectivity index (χ0n) is 14.2. The van der Waals surface area contributed by atoms with Crippen molar-refractivity contribution in [1.29, 1.82) is 0 Å². The highest BCUT2D eigenvalue weighted by Gasteiger charge is 2.05. The number of fused-ring (bicyclic) bond motifs is 1. The lowest BCUT2D eigenvalue weighted by molar-refractivity contribution is 0.689. The average Bonchev–Trinajstić information content (AvgIpc) is 3.25. The van der Waals surface area contributed by atoms with E-state index in [9.17, 15) is 0 Å². The zero-order chi connectivity index (χ0) is 17.2. The van der Waals surface area contributed by atoms with Crippen molar-refractivity contribution >= 4 is 22.4 Å². The Morgan fingerprint density at radius 2 is 1.88 bits per heavy atom. The van der Waals surface area contributed by atoms with E-state index in [4.69, 9.17) is 0 Å². The van der Waals surface area contributed by atoms with Gasteiger partial charge >= 0.3 is 0 Å². The standard InChI is InChI=1S/C19H19N5S/c1-13-23-16-8-14(5-6-17(16)24(13)2)9-20-10-15-11-21-19(22-12-15)18-4-3-7-25-18/h3-8,11-12,20H,9-10H2,1-2H3.